The van der Waals surface area contributed by atoms with E-state index in [0.717, 1.165) is 0 Å². The molecule has 122 valence electrons. The Morgan fingerprint density at radius 2 is 2.14 bits per heavy atom. The zero-order valence-electron chi connectivity index (χ0n) is 12.4. The number of nitrogens with zero attached hydrogens (tertiary/aromatic N) is 1. The molecule has 1 aromatic heterocycles. The number of nitrogens with one attached hydrogen (secondary N) is 1. The van der Waals surface area contributed by atoms with Crippen LogP contribution in [-0.2, 0) is 9.53 Å². The number of carbonyl (C=O) groups excluding carboxylic acids is 1. The van der Waals surface area contributed by atoms with Crippen LogP contribution in [0.1, 0.15) is 20.8 Å². The molecule has 0 saturated heterocycles. The highest BCUT2D eigenvalue weighted by Crippen LogP contribution is 2.22. The molecule has 0 radical (unpaired) electrons. The summed E-state index contributed by atoms with van der Waals surface area (Å²) < 4.78 is 10.2. The Bertz CT molecular complexity index is 559. The number of aromatic nitrogens is 1. The van der Waals surface area contributed by atoms with E-state index in [2.05, 4.69) is 10.3 Å². The van der Waals surface area contributed by atoms with Crippen LogP contribution in [0, 0.1) is 0 Å². The minimum atomic E-state index is -1.31. The largest absolute Gasteiger partial charge is 0.487 e. The Morgan fingerprint density at radius 1 is 1.50 bits per heavy atom. The van der Waals surface area contributed by atoms with Crippen molar-refractivity contribution in [1.29, 1.82) is 0 Å². The summed E-state index contributed by atoms with van der Waals surface area (Å²) in [6.45, 7) is 4.63. The van der Waals surface area contributed by atoms with E-state index in [1.807, 2.05) is 0 Å². The van der Waals surface area contributed by atoms with Crippen molar-refractivity contribution in [3.63, 3.8) is 0 Å². The second kappa shape index (κ2) is 7.17. The molecule has 0 aromatic carbocycles. The van der Waals surface area contributed by atoms with Crippen LogP contribution in [-0.4, -0.2) is 40.4 Å². The third-order valence-corrected chi connectivity index (χ3v) is 2.45. The number of rotatable bonds is 5. The number of alkyl carbamates (subject to hydrolysis) is 1. The van der Waals surface area contributed by atoms with Crippen molar-refractivity contribution in [2.45, 2.75) is 32.4 Å². The van der Waals surface area contributed by atoms with E-state index in [9.17, 15) is 9.59 Å². The number of ether oxygens (including phenoxy) is 2. The SMILES string of the molecule is CC(C)(C)OC(=O)N[C@@H](COc1cc(Cl)cnc1N)C(=O)O. The second-order valence-electron chi connectivity index (χ2n) is 5.38. The maximum atomic E-state index is 11.6. The average Bonchev–Trinajstić information content (AvgIpc) is 2.35. The molecule has 0 bridgehead atoms. The van der Waals surface area contributed by atoms with Crippen LogP contribution in [0.3, 0.4) is 0 Å². The molecule has 0 saturated carbocycles. The normalized spacial score (nSPS) is 12.4. The van der Waals surface area contributed by atoms with Crippen molar-refractivity contribution in [3.8, 4) is 5.75 Å². The van der Waals surface area contributed by atoms with E-state index < -0.39 is 23.7 Å². The molecule has 0 fully saturated rings. The molecule has 1 heterocycles. The summed E-state index contributed by atoms with van der Waals surface area (Å²) >= 11 is 5.75. The number of hydrogen-bond donors (Lipinski definition) is 3. The van der Waals surface area contributed by atoms with E-state index in [4.69, 9.17) is 31.9 Å². The van der Waals surface area contributed by atoms with Gasteiger partial charge < -0.3 is 25.6 Å². The Balaban J connectivity index is 2.67. The number of aliphatic carboxylic acids is 1. The van der Waals surface area contributed by atoms with Crippen LogP contribution in [0.2, 0.25) is 5.02 Å². The van der Waals surface area contributed by atoms with Crippen LogP contribution in [0.25, 0.3) is 0 Å². The van der Waals surface area contributed by atoms with E-state index >= 15 is 0 Å². The standard InChI is InChI=1S/C13H18ClN3O5/c1-13(2,3)22-12(20)17-8(11(18)19)6-21-9-4-7(14)5-16-10(9)15/h4-5,8H,6H2,1-3H3,(H2,15,16)(H,17,20)(H,18,19)/t8-/m0/s1. The fourth-order valence-corrected chi connectivity index (χ4v) is 1.49. The topological polar surface area (TPSA) is 124 Å². The molecule has 1 amide bonds. The number of carbonyl (C=O) groups is 2. The number of anilines is 1. The van der Waals surface area contributed by atoms with Gasteiger partial charge in [0, 0.05) is 12.3 Å². The van der Waals surface area contributed by atoms with Crippen molar-refractivity contribution in [2.24, 2.45) is 0 Å². The molecule has 1 aromatic rings. The second-order valence-corrected chi connectivity index (χ2v) is 5.82. The summed E-state index contributed by atoms with van der Waals surface area (Å²) in [6.07, 6.45) is 0.470. The molecule has 0 aliphatic rings. The molecule has 1 rings (SSSR count). The van der Waals surface area contributed by atoms with Crippen molar-refractivity contribution in [1.82, 2.24) is 10.3 Å². The van der Waals surface area contributed by atoms with Crippen LogP contribution in [0.4, 0.5) is 10.6 Å². The summed E-state index contributed by atoms with van der Waals surface area (Å²) in [4.78, 5) is 26.5. The maximum Gasteiger partial charge on any atom is 0.408 e. The lowest BCUT2D eigenvalue weighted by atomic mass is 10.2. The van der Waals surface area contributed by atoms with Crippen molar-refractivity contribution in [3.05, 3.63) is 17.3 Å². The molecule has 9 heteroatoms. The van der Waals surface area contributed by atoms with E-state index in [1.54, 1.807) is 20.8 Å². The highest BCUT2D eigenvalue weighted by atomic mass is 35.5. The van der Waals surface area contributed by atoms with Gasteiger partial charge >= 0.3 is 12.1 Å². The summed E-state index contributed by atoms with van der Waals surface area (Å²) in [5.74, 6) is -1.09. The monoisotopic (exact) mass is 331 g/mol. The molecular weight excluding hydrogens is 314 g/mol. The third kappa shape index (κ3) is 6.04. The first-order valence-corrected chi connectivity index (χ1v) is 6.72. The first kappa shape index (κ1) is 17.8. The van der Waals surface area contributed by atoms with E-state index in [-0.39, 0.29) is 23.2 Å². The lowest BCUT2D eigenvalue weighted by Crippen LogP contribution is -2.46. The summed E-state index contributed by atoms with van der Waals surface area (Å²) in [7, 11) is 0. The van der Waals surface area contributed by atoms with Crippen molar-refractivity contribution < 1.29 is 24.2 Å². The lowest BCUT2D eigenvalue weighted by molar-refractivity contribution is -0.140. The lowest BCUT2D eigenvalue weighted by Gasteiger charge is -2.22. The smallest absolute Gasteiger partial charge is 0.408 e. The first-order chi connectivity index (χ1) is 10.1. The number of carboxylic acids is 1. The molecule has 0 aliphatic carbocycles. The molecule has 0 spiro atoms. The minimum absolute atomic E-state index is 0.0609. The number of hydrogen-bond acceptors (Lipinski definition) is 6. The van der Waals surface area contributed by atoms with Gasteiger partial charge in [-0.15, -0.1) is 0 Å². The number of amides is 1. The number of pyridine rings is 1. The van der Waals surface area contributed by atoms with Crippen molar-refractivity contribution >= 4 is 29.5 Å². The summed E-state index contributed by atoms with van der Waals surface area (Å²) in [5.41, 5.74) is 4.84. The predicted octanol–water partition coefficient (Wildman–Crippen LogP) is 1.67. The minimum Gasteiger partial charge on any atom is -0.487 e. The molecule has 0 aliphatic heterocycles. The number of halogens is 1. The van der Waals surface area contributed by atoms with Gasteiger partial charge in [-0.3, -0.25) is 0 Å². The van der Waals surface area contributed by atoms with Gasteiger partial charge in [0.25, 0.3) is 0 Å². The molecule has 22 heavy (non-hydrogen) atoms. The average molecular weight is 332 g/mol. The van der Waals surface area contributed by atoms with Crippen LogP contribution in [0.5, 0.6) is 5.75 Å². The Labute approximate surface area is 132 Å². The fourth-order valence-electron chi connectivity index (χ4n) is 1.34. The quantitative estimate of drug-likeness (QED) is 0.749. The summed E-state index contributed by atoms with van der Waals surface area (Å²) in [5, 5.41) is 11.6. The highest BCUT2D eigenvalue weighted by Gasteiger charge is 2.25. The fraction of sp³-hybridized carbons (Fsp3) is 0.462. The zero-order valence-corrected chi connectivity index (χ0v) is 13.2. The molecule has 8 nitrogen and oxygen atoms in total. The highest BCUT2D eigenvalue weighted by molar-refractivity contribution is 6.30. The van der Waals surface area contributed by atoms with Gasteiger partial charge in [-0.1, -0.05) is 11.6 Å². The molecule has 4 N–H and O–H groups in total. The third-order valence-electron chi connectivity index (χ3n) is 2.24. The van der Waals surface area contributed by atoms with Crippen LogP contribution in [0.15, 0.2) is 12.3 Å². The first-order valence-electron chi connectivity index (χ1n) is 6.34. The zero-order chi connectivity index (χ0) is 16.9. The number of nitrogens with two attached hydrogens (primary N) is 1. The predicted molar refractivity (Wildman–Crippen MR) is 79.9 cm³/mol. The van der Waals surface area contributed by atoms with E-state index in [1.165, 1.54) is 12.3 Å². The van der Waals surface area contributed by atoms with Gasteiger partial charge in [0.15, 0.2) is 17.6 Å². The Morgan fingerprint density at radius 3 is 2.68 bits per heavy atom. The Kier molecular flexibility index (Phi) is 5.81. The summed E-state index contributed by atoms with van der Waals surface area (Å²) in [6, 6.07) is 0.0873. The van der Waals surface area contributed by atoms with Gasteiger partial charge in [0.1, 0.15) is 12.2 Å². The number of nitrogen functional groups attached to an aromatic ring is 1. The molecule has 1 atom stereocenters. The van der Waals surface area contributed by atoms with Crippen LogP contribution < -0.4 is 15.8 Å². The van der Waals surface area contributed by atoms with Crippen molar-refractivity contribution in [2.75, 3.05) is 12.3 Å². The van der Waals surface area contributed by atoms with E-state index in [0.29, 0.717) is 0 Å². The van der Waals surface area contributed by atoms with Gasteiger partial charge in [0.2, 0.25) is 0 Å². The number of carboxylic acid groups (broad SMARTS) is 1. The Hall–Kier alpha value is -2.22. The van der Waals surface area contributed by atoms with Gasteiger partial charge in [-0.2, -0.15) is 0 Å². The molecule has 0 unspecified atom stereocenters. The maximum absolute atomic E-state index is 11.6. The van der Waals surface area contributed by atoms with Crippen LogP contribution >= 0.6 is 11.6 Å². The van der Waals surface area contributed by atoms with Gasteiger partial charge in [0.05, 0.1) is 5.02 Å². The van der Waals surface area contributed by atoms with Gasteiger partial charge in [-0.25, -0.2) is 14.6 Å². The van der Waals surface area contributed by atoms with Gasteiger partial charge in [-0.05, 0) is 20.8 Å². The molecular formula is C13H18ClN3O5.